The zero-order chi connectivity index (χ0) is 22.9. The molecule has 1 aromatic carbocycles. The van der Waals surface area contributed by atoms with Gasteiger partial charge < -0.3 is 15.2 Å². The van der Waals surface area contributed by atoms with Gasteiger partial charge in [0.15, 0.2) is 5.78 Å². The normalized spacial score (nSPS) is 21.4. The van der Waals surface area contributed by atoms with Crippen LogP contribution in [-0.2, 0) is 22.0 Å². The number of carbonyl (C=O) groups excluding carboxylic acids is 1. The van der Waals surface area contributed by atoms with Crippen molar-refractivity contribution in [1.29, 1.82) is 0 Å². The second-order valence-corrected chi connectivity index (χ2v) is 9.53. The first kappa shape index (κ1) is 21.9. The lowest BCUT2D eigenvalue weighted by atomic mass is 9.85. The zero-order valence-electron chi connectivity index (χ0n) is 17.3. The Hall–Kier alpha value is -3.28. The number of fused-ring (bicyclic) bond motifs is 2. The van der Waals surface area contributed by atoms with Crippen LogP contribution in [0.2, 0.25) is 0 Å². The van der Waals surface area contributed by atoms with E-state index in [1.54, 1.807) is 18.2 Å². The minimum Gasteiger partial charge on any atom is -0.493 e. The van der Waals surface area contributed by atoms with Crippen LogP contribution in [0.25, 0.3) is 0 Å². The number of halogens is 1. The Morgan fingerprint density at radius 3 is 2.84 bits per heavy atom. The van der Waals surface area contributed by atoms with E-state index in [1.807, 2.05) is 0 Å². The minimum absolute atomic E-state index is 0.00850. The first-order valence-corrected chi connectivity index (χ1v) is 11.5. The Balaban J connectivity index is 1.61. The van der Waals surface area contributed by atoms with E-state index in [2.05, 4.69) is 15.0 Å². The van der Waals surface area contributed by atoms with Crippen LogP contribution in [0, 0.1) is 0 Å². The summed E-state index contributed by atoms with van der Waals surface area (Å²) in [6.45, 7) is -0.494. The third-order valence-corrected chi connectivity index (χ3v) is 7.28. The first-order chi connectivity index (χ1) is 15.2. The lowest BCUT2D eigenvalue weighted by Gasteiger charge is -2.40. The van der Waals surface area contributed by atoms with Crippen molar-refractivity contribution in [3.63, 3.8) is 0 Å². The summed E-state index contributed by atoms with van der Waals surface area (Å²) in [5.74, 6) is 0.0238. The number of hydrogen-bond donors (Lipinski definition) is 1. The van der Waals surface area contributed by atoms with Crippen molar-refractivity contribution in [3.05, 3.63) is 47.4 Å². The average Bonchev–Trinajstić information content (AvgIpc) is 2.77. The van der Waals surface area contributed by atoms with Crippen LogP contribution < -0.4 is 15.2 Å². The molecule has 3 heterocycles. The van der Waals surface area contributed by atoms with E-state index in [0.29, 0.717) is 29.9 Å². The van der Waals surface area contributed by atoms with Gasteiger partial charge in [-0.25, -0.2) is 32.1 Å². The fourth-order valence-electron chi connectivity index (χ4n) is 3.72. The summed E-state index contributed by atoms with van der Waals surface area (Å²) < 4.78 is 49.2. The first-order valence-electron chi connectivity index (χ1n) is 9.86. The van der Waals surface area contributed by atoms with Gasteiger partial charge in [-0.2, -0.15) is 0 Å². The van der Waals surface area contributed by atoms with Crippen molar-refractivity contribution in [3.8, 4) is 11.6 Å². The standard InChI is InChI=1S/C20H22FN5O5S/c1-26-19(22)25-20(12-32(26,28)29)4-6-30-17-3-2-13(8-14(17)20)9-16(27)15-10-24-18(11-23-15)31-7-5-21/h2-3,8,10-11H,4-7,9,12H2,1H3,(H2,22,25)/t20-/m0/s1. The maximum absolute atomic E-state index is 12.7. The van der Waals surface area contributed by atoms with Gasteiger partial charge in [-0.1, -0.05) is 6.07 Å². The maximum Gasteiger partial charge on any atom is 0.239 e. The second-order valence-electron chi connectivity index (χ2n) is 7.53. The molecule has 0 bridgehead atoms. The van der Waals surface area contributed by atoms with Gasteiger partial charge in [0.2, 0.25) is 21.9 Å². The number of benzene rings is 1. The summed E-state index contributed by atoms with van der Waals surface area (Å²) in [7, 11) is -2.28. The molecular weight excluding hydrogens is 441 g/mol. The van der Waals surface area contributed by atoms with Crippen molar-refractivity contribution in [2.45, 2.75) is 18.4 Å². The Morgan fingerprint density at radius 1 is 1.34 bits per heavy atom. The number of aliphatic imine (C=N–C) groups is 1. The summed E-state index contributed by atoms with van der Waals surface area (Å²) in [5, 5.41) is 0. The largest absolute Gasteiger partial charge is 0.493 e. The number of ether oxygens (including phenoxy) is 2. The molecule has 170 valence electrons. The van der Waals surface area contributed by atoms with E-state index < -0.39 is 22.2 Å². The molecule has 2 aliphatic rings. The molecule has 10 nitrogen and oxygen atoms in total. The molecule has 2 aliphatic heterocycles. The number of nitrogens with zero attached hydrogens (tertiary/aromatic N) is 4. The van der Waals surface area contributed by atoms with Crippen LogP contribution in [0.3, 0.4) is 0 Å². The Bertz CT molecular complexity index is 1170. The lowest BCUT2D eigenvalue weighted by Crippen LogP contribution is -2.52. The number of guanidine groups is 1. The van der Waals surface area contributed by atoms with E-state index >= 15 is 0 Å². The predicted octanol–water partition coefficient (Wildman–Crippen LogP) is 0.818. The van der Waals surface area contributed by atoms with E-state index in [1.165, 1.54) is 19.4 Å². The Kier molecular flexibility index (Phi) is 5.71. The van der Waals surface area contributed by atoms with Gasteiger partial charge >= 0.3 is 0 Å². The molecule has 4 rings (SSSR count). The summed E-state index contributed by atoms with van der Waals surface area (Å²) >= 11 is 0. The second kappa shape index (κ2) is 8.34. The number of sulfonamides is 1. The third kappa shape index (κ3) is 4.09. The van der Waals surface area contributed by atoms with E-state index in [9.17, 15) is 17.6 Å². The quantitative estimate of drug-likeness (QED) is 0.622. The number of aromatic nitrogens is 2. The highest BCUT2D eigenvalue weighted by atomic mass is 32.2. The van der Waals surface area contributed by atoms with Crippen molar-refractivity contribution in [2.24, 2.45) is 10.7 Å². The molecule has 32 heavy (non-hydrogen) atoms. The lowest BCUT2D eigenvalue weighted by molar-refractivity contribution is 0.0987. The molecule has 12 heteroatoms. The smallest absolute Gasteiger partial charge is 0.239 e. The third-order valence-electron chi connectivity index (χ3n) is 5.41. The molecule has 0 saturated heterocycles. The zero-order valence-corrected chi connectivity index (χ0v) is 18.1. The van der Waals surface area contributed by atoms with Crippen LogP contribution in [0.5, 0.6) is 11.6 Å². The Labute approximate surface area is 184 Å². The summed E-state index contributed by atoms with van der Waals surface area (Å²) in [5.41, 5.74) is 6.19. The van der Waals surface area contributed by atoms with Gasteiger partial charge in [-0.3, -0.25) is 4.79 Å². The molecule has 0 amide bonds. The molecule has 1 atom stereocenters. The number of Topliss-reactive ketones (excluding diaryl/α,β-unsaturated/α-hetero) is 1. The van der Waals surface area contributed by atoms with E-state index in [-0.39, 0.29) is 42.1 Å². The van der Waals surface area contributed by atoms with Gasteiger partial charge in [0.05, 0.1) is 24.8 Å². The Morgan fingerprint density at radius 2 is 2.16 bits per heavy atom. The molecule has 1 spiro atoms. The van der Waals surface area contributed by atoms with Crippen molar-refractivity contribution >= 4 is 21.8 Å². The highest BCUT2D eigenvalue weighted by Gasteiger charge is 2.46. The molecule has 0 aliphatic carbocycles. The number of hydrogen-bond acceptors (Lipinski definition) is 9. The number of ketones is 1. The average molecular weight is 463 g/mol. The molecular formula is C20H22FN5O5S. The van der Waals surface area contributed by atoms with Gasteiger partial charge in [-0.05, 0) is 17.7 Å². The van der Waals surface area contributed by atoms with E-state index in [4.69, 9.17) is 15.2 Å². The molecule has 0 saturated carbocycles. The SMILES string of the molecule is CN1C(N)=N[C@@]2(CCOc3ccc(CC(=O)c4cnc(OCCF)cn4)cc32)CS1(=O)=O. The van der Waals surface area contributed by atoms with Crippen LogP contribution in [0.15, 0.2) is 35.6 Å². The highest BCUT2D eigenvalue weighted by molar-refractivity contribution is 7.89. The molecule has 0 radical (unpaired) electrons. The van der Waals surface area contributed by atoms with Crippen LogP contribution in [0.4, 0.5) is 4.39 Å². The van der Waals surface area contributed by atoms with Gasteiger partial charge in [-0.15, -0.1) is 0 Å². The van der Waals surface area contributed by atoms with Gasteiger partial charge in [0.25, 0.3) is 0 Å². The summed E-state index contributed by atoms with van der Waals surface area (Å²) in [6.07, 6.45) is 2.89. The topological polar surface area (TPSA) is 137 Å². The van der Waals surface area contributed by atoms with Crippen LogP contribution in [-0.4, -0.2) is 67.1 Å². The van der Waals surface area contributed by atoms with Crippen LogP contribution in [0.1, 0.15) is 28.0 Å². The van der Waals surface area contributed by atoms with Crippen molar-refractivity contribution in [1.82, 2.24) is 14.3 Å². The molecule has 1 aromatic heterocycles. The van der Waals surface area contributed by atoms with E-state index in [0.717, 1.165) is 4.31 Å². The molecule has 2 N–H and O–H groups in total. The predicted molar refractivity (Wildman–Crippen MR) is 113 cm³/mol. The summed E-state index contributed by atoms with van der Waals surface area (Å²) in [4.78, 5) is 25.2. The van der Waals surface area contributed by atoms with Gasteiger partial charge in [0, 0.05) is 25.5 Å². The van der Waals surface area contributed by atoms with Gasteiger partial charge in [0.1, 0.15) is 30.3 Å². The van der Waals surface area contributed by atoms with Crippen LogP contribution >= 0.6 is 0 Å². The summed E-state index contributed by atoms with van der Waals surface area (Å²) in [6, 6.07) is 5.17. The van der Waals surface area contributed by atoms with Crippen molar-refractivity contribution in [2.75, 3.05) is 32.7 Å². The molecule has 0 fully saturated rings. The fraction of sp³-hybridized carbons (Fsp3) is 0.400. The monoisotopic (exact) mass is 463 g/mol. The number of alkyl halides is 1. The number of carbonyl (C=O) groups is 1. The fourth-order valence-corrected chi connectivity index (χ4v) is 5.21. The van der Waals surface area contributed by atoms with Crippen molar-refractivity contribution < 1.29 is 27.1 Å². The minimum atomic E-state index is -3.65. The number of rotatable bonds is 6. The molecule has 2 aromatic rings. The highest BCUT2D eigenvalue weighted by Crippen LogP contribution is 2.43. The maximum atomic E-state index is 12.7. The number of nitrogens with two attached hydrogens (primary N) is 1. The molecule has 0 unspecified atom stereocenters.